The van der Waals surface area contributed by atoms with Crippen LogP contribution >= 0.6 is 12.2 Å². The van der Waals surface area contributed by atoms with E-state index in [1.165, 1.54) is 21.3 Å². The Kier molecular flexibility index (Phi) is 20.3. The van der Waals surface area contributed by atoms with Crippen molar-refractivity contribution >= 4 is 52.7 Å². The number of rotatable bonds is 9. The molecule has 394 valence electrons. The minimum atomic E-state index is -2.55. The van der Waals surface area contributed by atoms with Crippen LogP contribution in [-0.4, -0.2) is 150 Å². The van der Waals surface area contributed by atoms with Gasteiger partial charge in [0.25, 0.3) is 16.9 Å². The SMILES string of the molecule is CC[C@@H]1/C=C(\C)C[C@H](C)C[C@H](OC)[C@H]2O[C@@](O)(C(=O)C(=O)N3CCCC[C@H]3C(=O)O[C@H](/C(C)=C/[C@@H]3CC[C@@H](OC(=S)NC(=O)C[C@@H]4OC(C)(C)OC4=O)[C@H](OC)C3)[C@H](C)[C@@H](O)CC1=O)[C@H](C)C[C@@H]2OC. The van der Waals surface area contributed by atoms with E-state index in [0.29, 0.717) is 56.9 Å². The maximum absolute atomic E-state index is 14.5. The first-order valence-electron chi connectivity index (χ1n) is 25.0. The second-order valence-electron chi connectivity index (χ2n) is 20.7. The molecule has 0 radical (unpaired) electrons. The van der Waals surface area contributed by atoms with Gasteiger partial charge in [0.15, 0.2) is 6.10 Å². The van der Waals surface area contributed by atoms with E-state index in [-0.39, 0.29) is 55.0 Å². The van der Waals surface area contributed by atoms with Crippen molar-refractivity contribution in [3.8, 4) is 0 Å². The van der Waals surface area contributed by atoms with E-state index in [1.807, 2.05) is 32.9 Å². The molecule has 18 nitrogen and oxygen atoms in total. The van der Waals surface area contributed by atoms with E-state index >= 15 is 0 Å². The van der Waals surface area contributed by atoms with Gasteiger partial charge in [0.2, 0.25) is 17.5 Å². The van der Waals surface area contributed by atoms with Crippen molar-refractivity contribution in [3.05, 3.63) is 23.3 Å². The van der Waals surface area contributed by atoms with Gasteiger partial charge in [-0.3, -0.25) is 24.5 Å². The fourth-order valence-electron chi connectivity index (χ4n) is 10.9. The van der Waals surface area contributed by atoms with Gasteiger partial charge in [0.05, 0.1) is 30.8 Å². The van der Waals surface area contributed by atoms with Gasteiger partial charge in [-0.05, 0) is 108 Å². The molecular formula is C51H78N2O16S. The number of hydrogen-bond donors (Lipinski definition) is 3. The zero-order chi connectivity index (χ0) is 51.8. The number of nitrogens with zero attached hydrogens (tertiary/aromatic N) is 1. The highest BCUT2D eigenvalue weighted by Crippen LogP contribution is 2.40. The number of nitrogens with one attached hydrogen (secondary N) is 1. The molecular weight excluding hydrogens is 929 g/mol. The van der Waals surface area contributed by atoms with Crippen molar-refractivity contribution < 1.29 is 76.9 Å². The molecule has 0 aromatic heterocycles. The molecule has 1 saturated carbocycles. The molecule has 0 aromatic rings. The number of piperidine rings is 1. The summed E-state index contributed by atoms with van der Waals surface area (Å²) in [4.78, 5) is 83.3. The summed E-state index contributed by atoms with van der Waals surface area (Å²) in [6, 6.07) is -1.20. The number of amides is 2. The molecule has 3 N–H and O–H groups in total. The summed E-state index contributed by atoms with van der Waals surface area (Å²) in [5.74, 6) is -10.4. The van der Waals surface area contributed by atoms with Crippen LogP contribution in [0, 0.1) is 29.6 Å². The monoisotopic (exact) mass is 1010 g/mol. The highest BCUT2D eigenvalue weighted by molar-refractivity contribution is 7.80. The van der Waals surface area contributed by atoms with Crippen molar-refractivity contribution in [1.82, 2.24) is 10.2 Å². The van der Waals surface area contributed by atoms with Crippen LogP contribution in [0.2, 0.25) is 0 Å². The minimum absolute atomic E-state index is 0.000525. The fraction of sp³-hybridized carbons (Fsp3) is 0.784. The number of cyclic esters (lactones) is 2. The number of Topliss-reactive ketones (excluding diaryl/α,β-unsaturated/α-hetero) is 2. The molecule has 2 amide bonds. The van der Waals surface area contributed by atoms with Gasteiger partial charge in [0.1, 0.15) is 30.1 Å². The second kappa shape index (κ2) is 24.8. The molecule has 0 aromatic carbocycles. The van der Waals surface area contributed by atoms with Crippen molar-refractivity contribution in [2.75, 3.05) is 27.9 Å². The van der Waals surface area contributed by atoms with Crippen molar-refractivity contribution in [3.63, 3.8) is 0 Å². The van der Waals surface area contributed by atoms with Crippen LogP contribution in [0.1, 0.15) is 132 Å². The van der Waals surface area contributed by atoms with Crippen LogP contribution in [0.3, 0.4) is 0 Å². The third-order valence-corrected chi connectivity index (χ3v) is 15.0. The van der Waals surface area contributed by atoms with Crippen molar-refractivity contribution in [2.24, 2.45) is 29.6 Å². The maximum Gasteiger partial charge on any atom is 0.338 e. The van der Waals surface area contributed by atoms with Gasteiger partial charge in [-0.15, -0.1) is 0 Å². The van der Waals surface area contributed by atoms with Gasteiger partial charge >= 0.3 is 11.9 Å². The number of ether oxygens (including phenoxy) is 8. The lowest BCUT2D eigenvalue weighted by molar-refractivity contribution is -0.302. The number of esters is 2. The average molecular weight is 1010 g/mol. The van der Waals surface area contributed by atoms with Crippen LogP contribution in [-0.2, 0) is 66.7 Å². The summed E-state index contributed by atoms with van der Waals surface area (Å²) in [7, 11) is 4.57. The molecule has 5 aliphatic rings. The Morgan fingerprint density at radius 2 is 1.59 bits per heavy atom. The number of allylic oxidation sites excluding steroid dienone is 3. The molecule has 4 fully saturated rings. The number of aliphatic hydroxyl groups excluding tert-OH is 1. The average Bonchev–Trinajstić information content (AvgIpc) is 3.57. The molecule has 19 heteroatoms. The third kappa shape index (κ3) is 14.1. The lowest BCUT2D eigenvalue weighted by atomic mass is 9.81. The Hall–Kier alpha value is -3.69. The Bertz CT molecular complexity index is 1970. The van der Waals surface area contributed by atoms with Crippen molar-refractivity contribution in [1.29, 1.82) is 0 Å². The van der Waals surface area contributed by atoms with E-state index in [4.69, 9.17) is 50.1 Å². The van der Waals surface area contributed by atoms with Crippen LogP contribution < -0.4 is 5.32 Å². The molecule has 0 spiro atoms. The smallest absolute Gasteiger partial charge is 0.338 e. The van der Waals surface area contributed by atoms with E-state index in [2.05, 4.69) is 5.32 Å². The zero-order valence-corrected chi connectivity index (χ0v) is 43.7. The van der Waals surface area contributed by atoms with Gasteiger partial charge in [0, 0.05) is 65.9 Å². The first-order valence-corrected chi connectivity index (χ1v) is 25.4. The van der Waals surface area contributed by atoms with Gasteiger partial charge < -0.3 is 53.0 Å². The highest BCUT2D eigenvalue weighted by Gasteiger charge is 2.57. The van der Waals surface area contributed by atoms with Crippen LogP contribution in [0.25, 0.3) is 0 Å². The van der Waals surface area contributed by atoms with Gasteiger partial charge in [-0.25, -0.2) is 9.59 Å². The highest BCUT2D eigenvalue weighted by atomic mass is 32.1. The number of carbonyl (C=O) groups is 6. The van der Waals surface area contributed by atoms with E-state index in [9.17, 15) is 39.0 Å². The zero-order valence-electron chi connectivity index (χ0n) is 42.9. The van der Waals surface area contributed by atoms with E-state index in [0.717, 1.165) is 10.5 Å². The van der Waals surface area contributed by atoms with E-state index in [1.54, 1.807) is 34.6 Å². The molecule has 5 rings (SSSR count). The van der Waals surface area contributed by atoms with Gasteiger partial charge in [-0.1, -0.05) is 45.4 Å². The van der Waals surface area contributed by atoms with Crippen LogP contribution in [0.5, 0.6) is 0 Å². The first-order chi connectivity index (χ1) is 32.9. The predicted molar refractivity (Wildman–Crippen MR) is 257 cm³/mol. The molecule has 4 heterocycles. The number of fused-ring (bicyclic) bond motifs is 3. The summed E-state index contributed by atoms with van der Waals surface area (Å²) in [5.41, 5.74) is 1.56. The number of carbonyl (C=O) groups excluding carboxylic acids is 6. The summed E-state index contributed by atoms with van der Waals surface area (Å²) >= 11 is 5.36. The summed E-state index contributed by atoms with van der Waals surface area (Å²) in [5, 5.41) is 26.3. The Balaban J connectivity index is 1.41. The quantitative estimate of drug-likeness (QED) is 0.120. The molecule has 2 bridgehead atoms. The molecule has 1 aliphatic carbocycles. The number of thiocarbonyl (C=S) groups is 1. The van der Waals surface area contributed by atoms with Crippen LogP contribution in [0.15, 0.2) is 23.3 Å². The number of aliphatic hydroxyl groups is 2. The molecule has 15 atom stereocenters. The van der Waals surface area contributed by atoms with E-state index < -0.39 is 114 Å². The third-order valence-electron chi connectivity index (χ3n) is 14.8. The normalized spacial score (nSPS) is 38.3. The van der Waals surface area contributed by atoms with Crippen molar-refractivity contribution in [2.45, 2.75) is 199 Å². The molecule has 0 unspecified atom stereocenters. The molecule has 3 saturated heterocycles. The topological polar surface area (TPSA) is 232 Å². The Labute approximate surface area is 418 Å². The standard InChI is InChI=1S/C51H78N2O16S/c1-12-33-20-27(2)19-28(3)21-39(63-10)44-40(64-11)23-30(5)51(61,68-44)45(57)46(58)53-18-14-13-15-34(53)47(59)66-43(31(6)35(54)25-36(33)55)29(4)22-32-16-17-37(38(24-32)62-9)65-49(70)52-42(56)26-41-48(60)69-50(7,8)67-41/h20,22,28,30-35,37-41,43-44,54,61H,12-19,21,23-26H2,1-11H3,(H,52,56,70)/b27-20+,29-22+/t28-,30+,31+,32-,33+,34-,35-,37+,38+,39-,40-,41-,43+,44+,51+/m0/s1. The lowest BCUT2D eigenvalue weighted by Crippen LogP contribution is -2.64. The molecule has 4 aliphatic heterocycles. The Morgan fingerprint density at radius 3 is 2.21 bits per heavy atom. The van der Waals surface area contributed by atoms with Crippen LogP contribution in [0.4, 0.5) is 0 Å². The summed E-state index contributed by atoms with van der Waals surface area (Å²) in [6.07, 6.45) is 1.28. The minimum Gasteiger partial charge on any atom is -0.465 e. The number of ketones is 2. The second-order valence-corrected chi connectivity index (χ2v) is 21.1. The lowest BCUT2D eigenvalue weighted by Gasteiger charge is -2.47. The summed E-state index contributed by atoms with van der Waals surface area (Å²) < 4.78 is 46.8. The number of methoxy groups -OCH3 is 3. The largest absolute Gasteiger partial charge is 0.465 e. The fourth-order valence-corrected chi connectivity index (χ4v) is 11.1. The number of hydrogen-bond acceptors (Lipinski definition) is 17. The maximum atomic E-state index is 14.5. The van der Waals surface area contributed by atoms with Gasteiger partial charge in [-0.2, -0.15) is 0 Å². The first kappa shape index (κ1) is 57.2. The molecule has 70 heavy (non-hydrogen) atoms. The summed E-state index contributed by atoms with van der Waals surface area (Å²) in [6.45, 7) is 14.2. The Morgan fingerprint density at radius 1 is 0.914 bits per heavy atom. The predicted octanol–water partition coefficient (Wildman–Crippen LogP) is 4.97.